The fourth-order valence-electron chi connectivity index (χ4n) is 1.30. The molecule has 4 nitrogen and oxygen atoms in total. The van der Waals surface area contributed by atoms with Crippen molar-refractivity contribution < 1.29 is 14.3 Å². The monoisotopic (exact) mass is 333 g/mol. The molecule has 0 bridgehead atoms. The van der Waals surface area contributed by atoms with Crippen LogP contribution in [0.5, 0.6) is 0 Å². The van der Waals surface area contributed by atoms with Gasteiger partial charge in [0.25, 0.3) is 5.91 Å². The molecule has 0 spiro atoms. The molecule has 1 aromatic rings. The zero-order chi connectivity index (χ0) is 13.7. The molecule has 18 heavy (non-hydrogen) atoms. The summed E-state index contributed by atoms with van der Waals surface area (Å²) < 4.78 is 5.15. The van der Waals surface area contributed by atoms with Crippen LogP contribution in [0.25, 0.3) is 0 Å². The van der Waals surface area contributed by atoms with Crippen LogP contribution >= 0.6 is 27.5 Å². The van der Waals surface area contributed by atoms with E-state index in [0.717, 1.165) is 5.56 Å². The lowest BCUT2D eigenvalue weighted by Gasteiger charge is -2.10. The van der Waals surface area contributed by atoms with Crippen LogP contribution in [-0.4, -0.2) is 30.9 Å². The van der Waals surface area contributed by atoms with Gasteiger partial charge in [-0.25, -0.2) is 0 Å². The van der Waals surface area contributed by atoms with Crippen LogP contribution in [0, 0.1) is 6.92 Å². The van der Waals surface area contributed by atoms with Crippen molar-refractivity contribution in [2.45, 2.75) is 12.3 Å². The molecular formula is C12H13BrClNO3. The molecule has 0 heterocycles. The number of hydrogen-bond donors (Lipinski definition) is 1. The van der Waals surface area contributed by atoms with E-state index in [0.29, 0.717) is 10.0 Å². The molecule has 0 aromatic heterocycles. The largest absolute Gasteiger partial charge is 0.468 e. The first-order valence-electron chi connectivity index (χ1n) is 5.22. The number of ether oxygens (including phenoxy) is 1. The molecule has 0 saturated heterocycles. The minimum atomic E-state index is -0.887. The number of rotatable bonds is 4. The Morgan fingerprint density at radius 3 is 2.78 bits per heavy atom. The second-order valence-electron chi connectivity index (χ2n) is 3.68. The Morgan fingerprint density at radius 1 is 1.50 bits per heavy atom. The smallest absolute Gasteiger partial charge is 0.325 e. The molecule has 0 aliphatic heterocycles. The molecule has 0 fully saturated rings. The molecule has 1 N–H and O–H groups in total. The molecule has 1 atom stereocenters. The van der Waals surface area contributed by atoms with E-state index in [9.17, 15) is 9.59 Å². The van der Waals surface area contributed by atoms with E-state index in [-0.39, 0.29) is 12.5 Å². The predicted octanol–water partition coefficient (Wildman–Crippen LogP) is 2.27. The Kier molecular flexibility index (Phi) is 5.62. The standard InChI is InChI=1S/C12H13BrClNO3/c1-7-3-4-9(13)8(5-7)11(16)15-6-10(14)12(17)18-2/h3-5,10H,6H2,1-2H3,(H,15,16). The van der Waals surface area contributed by atoms with E-state index >= 15 is 0 Å². The van der Waals surface area contributed by atoms with E-state index in [1.807, 2.05) is 13.0 Å². The summed E-state index contributed by atoms with van der Waals surface area (Å²) in [7, 11) is 1.25. The molecule has 0 aliphatic rings. The molecular weight excluding hydrogens is 321 g/mol. The quantitative estimate of drug-likeness (QED) is 0.679. The Hall–Kier alpha value is -1.07. The Bertz CT molecular complexity index is 465. The summed E-state index contributed by atoms with van der Waals surface area (Å²) >= 11 is 9.03. The summed E-state index contributed by atoms with van der Waals surface area (Å²) in [6.07, 6.45) is 0. The summed E-state index contributed by atoms with van der Waals surface area (Å²) in [6.45, 7) is 1.91. The van der Waals surface area contributed by atoms with Crippen LogP contribution in [0.4, 0.5) is 0 Å². The summed E-state index contributed by atoms with van der Waals surface area (Å²) in [4.78, 5) is 22.9. The van der Waals surface area contributed by atoms with Crippen LogP contribution in [0.2, 0.25) is 0 Å². The number of nitrogens with one attached hydrogen (secondary N) is 1. The molecule has 1 unspecified atom stereocenters. The average molecular weight is 335 g/mol. The fraction of sp³-hybridized carbons (Fsp3) is 0.333. The van der Waals surface area contributed by atoms with Gasteiger partial charge in [-0.3, -0.25) is 9.59 Å². The van der Waals surface area contributed by atoms with Gasteiger partial charge < -0.3 is 10.1 Å². The zero-order valence-electron chi connectivity index (χ0n) is 10.00. The first kappa shape index (κ1) is 15.0. The van der Waals surface area contributed by atoms with Gasteiger partial charge in [0.05, 0.1) is 12.7 Å². The zero-order valence-corrected chi connectivity index (χ0v) is 12.3. The fourth-order valence-corrected chi connectivity index (χ4v) is 1.89. The SMILES string of the molecule is COC(=O)C(Cl)CNC(=O)c1cc(C)ccc1Br. The summed E-state index contributed by atoms with van der Waals surface area (Å²) in [5.74, 6) is -0.861. The lowest BCUT2D eigenvalue weighted by Crippen LogP contribution is -2.34. The summed E-state index contributed by atoms with van der Waals surface area (Å²) in [5.41, 5.74) is 1.47. The van der Waals surface area contributed by atoms with Gasteiger partial charge in [-0.1, -0.05) is 11.6 Å². The van der Waals surface area contributed by atoms with Gasteiger partial charge in [-0.15, -0.1) is 11.6 Å². The number of amides is 1. The van der Waals surface area contributed by atoms with Gasteiger partial charge in [0.1, 0.15) is 5.38 Å². The molecule has 1 rings (SSSR count). The highest BCUT2D eigenvalue weighted by Gasteiger charge is 2.18. The van der Waals surface area contributed by atoms with Gasteiger partial charge in [0, 0.05) is 11.0 Å². The van der Waals surface area contributed by atoms with E-state index in [1.165, 1.54) is 7.11 Å². The molecule has 1 aromatic carbocycles. The minimum absolute atomic E-state index is 0.0213. The Balaban J connectivity index is 2.66. The highest BCUT2D eigenvalue weighted by atomic mass is 79.9. The Labute approximate surface area is 119 Å². The number of methoxy groups -OCH3 is 1. The molecule has 0 saturated carbocycles. The van der Waals surface area contributed by atoms with Crippen LogP contribution in [-0.2, 0) is 9.53 Å². The van der Waals surface area contributed by atoms with Crippen molar-refractivity contribution in [2.24, 2.45) is 0 Å². The maximum Gasteiger partial charge on any atom is 0.325 e. The number of hydrogen-bond acceptors (Lipinski definition) is 3. The number of carbonyl (C=O) groups excluding carboxylic acids is 2. The van der Waals surface area contributed by atoms with Gasteiger partial charge in [0.2, 0.25) is 0 Å². The van der Waals surface area contributed by atoms with E-state index in [1.54, 1.807) is 12.1 Å². The average Bonchev–Trinajstić information content (AvgIpc) is 2.37. The second kappa shape index (κ2) is 6.75. The van der Waals surface area contributed by atoms with Crippen molar-refractivity contribution in [3.63, 3.8) is 0 Å². The van der Waals surface area contributed by atoms with Crippen LogP contribution in [0.3, 0.4) is 0 Å². The highest BCUT2D eigenvalue weighted by Crippen LogP contribution is 2.17. The molecule has 6 heteroatoms. The topological polar surface area (TPSA) is 55.4 Å². The normalized spacial score (nSPS) is 11.8. The maximum atomic E-state index is 11.9. The second-order valence-corrected chi connectivity index (χ2v) is 5.07. The molecule has 98 valence electrons. The third-order valence-corrected chi connectivity index (χ3v) is 3.29. The first-order valence-corrected chi connectivity index (χ1v) is 6.45. The number of carbonyl (C=O) groups is 2. The number of aryl methyl sites for hydroxylation is 1. The van der Waals surface area contributed by atoms with Gasteiger partial charge in [-0.05, 0) is 35.0 Å². The molecule has 0 radical (unpaired) electrons. The maximum absolute atomic E-state index is 11.9. The van der Waals surface area contributed by atoms with Gasteiger partial charge in [0.15, 0.2) is 0 Å². The van der Waals surface area contributed by atoms with Gasteiger partial charge in [-0.2, -0.15) is 0 Å². The van der Waals surface area contributed by atoms with Crippen LogP contribution < -0.4 is 5.32 Å². The number of alkyl halides is 1. The first-order chi connectivity index (χ1) is 8.45. The number of esters is 1. The van der Waals surface area contributed by atoms with E-state index < -0.39 is 11.3 Å². The Morgan fingerprint density at radius 2 is 2.17 bits per heavy atom. The van der Waals surface area contributed by atoms with Crippen molar-refractivity contribution in [3.05, 3.63) is 33.8 Å². The third-order valence-electron chi connectivity index (χ3n) is 2.27. The third kappa shape index (κ3) is 3.99. The van der Waals surface area contributed by atoms with Crippen molar-refractivity contribution >= 4 is 39.4 Å². The van der Waals surface area contributed by atoms with Gasteiger partial charge >= 0.3 is 5.97 Å². The van der Waals surface area contributed by atoms with E-state index in [2.05, 4.69) is 26.0 Å². The number of benzene rings is 1. The van der Waals surface area contributed by atoms with Crippen LogP contribution in [0.15, 0.2) is 22.7 Å². The lowest BCUT2D eigenvalue weighted by molar-refractivity contribution is -0.140. The van der Waals surface area contributed by atoms with Crippen molar-refractivity contribution in [2.75, 3.05) is 13.7 Å². The molecule has 0 aliphatic carbocycles. The van der Waals surface area contributed by atoms with Crippen molar-refractivity contribution in [3.8, 4) is 0 Å². The predicted molar refractivity (Wildman–Crippen MR) is 72.9 cm³/mol. The lowest BCUT2D eigenvalue weighted by atomic mass is 10.1. The van der Waals surface area contributed by atoms with E-state index in [4.69, 9.17) is 11.6 Å². The van der Waals surface area contributed by atoms with Crippen molar-refractivity contribution in [1.82, 2.24) is 5.32 Å². The molecule has 1 amide bonds. The van der Waals surface area contributed by atoms with Crippen LogP contribution in [0.1, 0.15) is 15.9 Å². The summed E-state index contributed by atoms with van der Waals surface area (Å²) in [5, 5.41) is 1.69. The summed E-state index contributed by atoms with van der Waals surface area (Å²) in [6, 6.07) is 5.43. The minimum Gasteiger partial charge on any atom is -0.468 e. The van der Waals surface area contributed by atoms with Crippen molar-refractivity contribution in [1.29, 1.82) is 0 Å². The number of halogens is 2. The highest BCUT2D eigenvalue weighted by molar-refractivity contribution is 9.10.